The number of benzene rings is 2. The van der Waals surface area contributed by atoms with Crippen LogP contribution in [0.1, 0.15) is 18.5 Å². The van der Waals surface area contributed by atoms with Crippen molar-refractivity contribution in [2.75, 3.05) is 5.32 Å². The zero-order valence-electron chi connectivity index (χ0n) is 10.3. The molecular weight excluding hydrogens is 355 g/mol. The van der Waals surface area contributed by atoms with E-state index in [1.54, 1.807) is 12.1 Å². The van der Waals surface area contributed by atoms with Gasteiger partial charge in [-0.3, -0.25) is 10.1 Å². The molecule has 1 atom stereocenters. The fourth-order valence-electron chi connectivity index (χ4n) is 1.79. The Balaban J connectivity index is 2.18. The lowest BCUT2D eigenvalue weighted by molar-refractivity contribution is -0.384. The van der Waals surface area contributed by atoms with Crippen LogP contribution in [0.5, 0.6) is 0 Å². The molecule has 0 bridgehead atoms. The predicted molar refractivity (Wildman–Crippen MR) is 84.3 cm³/mol. The van der Waals surface area contributed by atoms with Gasteiger partial charge < -0.3 is 5.32 Å². The molecular formula is C14H13IN2O2. The van der Waals surface area contributed by atoms with Crippen molar-refractivity contribution in [3.05, 3.63) is 67.8 Å². The Morgan fingerprint density at radius 2 is 1.89 bits per heavy atom. The molecule has 2 aromatic carbocycles. The van der Waals surface area contributed by atoms with Gasteiger partial charge >= 0.3 is 0 Å². The van der Waals surface area contributed by atoms with Crippen molar-refractivity contribution in [2.24, 2.45) is 0 Å². The SMILES string of the molecule is CC(Nc1ccc([N+](=O)[O-])cc1I)c1ccccc1. The van der Waals surface area contributed by atoms with Gasteiger partial charge in [0.15, 0.2) is 0 Å². The van der Waals surface area contributed by atoms with Gasteiger partial charge in [-0.25, -0.2) is 0 Å². The number of rotatable bonds is 4. The van der Waals surface area contributed by atoms with Crippen LogP contribution in [0.3, 0.4) is 0 Å². The monoisotopic (exact) mass is 368 g/mol. The van der Waals surface area contributed by atoms with E-state index in [0.29, 0.717) is 0 Å². The molecule has 0 aliphatic heterocycles. The summed E-state index contributed by atoms with van der Waals surface area (Å²) < 4.78 is 0.842. The Kier molecular flexibility index (Phi) is 4.36. The minimum absolute atomic E-state index is 0.113. The minimum atomic E-state index is -0.382. The number of nitrogens with one attached hydrogen (secondary N) is 1. The molecule has 19 heavy (non-hydrogen) atoms. The average Bonchev–Trinajstić information content (AvgIpc) is 2.41. The normalized spacial score (nSPS) is 11.9. The van der Waals surface area contributed by atoms with E-state index in [1.165, 1.54) is 11.6 Å². The highest BCUT2D eigenvalue weighted by Crippen LogP contribution is 2.27. The first-order valence-corrected chi connectivity index (χ1v) is 6.91. The first-order valence-electron chi connectivity index (χ1n) is 5.83. The Labute approximate surface area is 125 Å². The molecule has 0 fully saturated rings. The summed E-state index contributed by atoms with van der Waals surface area (Å²) in [5.41, 5.74) is 2.20. The number of non-ortho nitro benzene ring substituents is 1. The second-order valence-corrected chi connectivity index (χ2v) is 5.36. The maximum atomic E-state index is 10.7. The van der Waals surface area contributed by atoms with Crippen molar-refractivity contribution < 1.29 is 4.92 Å². The van der Waals surface area contributed by atoms with E-state index in [2.05, 4.69) is 47.0 Å². The quantitative estimate of drug-likeness (QED) is 0.495. The van der Waals surface area contributed by atoms with Gasteiger partial charge in [0.25, 0.3) is 5.69 Å². The maximum Gasteiger partial charge on any atom is 0.270 e. The third-order valence-corrected chi connectivity index (χ3v) is 3.73. The van der Waals surface area contributed by atoms with Crippen molar-refractivity contribution in [1.29, 1.82) is 0 Å². The zero-order valence-corrected chi connectivity index (χ0v) is 12.5. The smallest absolute Gasteiger partial charge is 0.270 e. The molecule has 0 radical (unpaired) electrons. The van der Waals surface area contributed by atoms with Crippen molar-refractivity contribution >= 4 is 34.0 Å². The summed E-state index contributed by atoms with van der Waals surface area (Å²) in [5.74, 6) is 0. The lowest BCUT2D eigenvalue weighted by Crippen LogP contribution is -2.07. The van der Waals surface area contributed by atoms with Gasteiger partial charge in [-0.1, -0.05) is 30.3 Å². The van der Waals surface area contributed by atoms with Crippen LogP contribution in [0, 0.1) is 13.7 Å². The van der Waals surface area contributed by atoms with Crippen LogP contribution in [0.25, 0.3) is 0 Å². The first-order chi connectivity index (χ1) is 9.08. The summed E-state index contributed by atoms with van der Waals surface area (Å²) in [7, 11) is 0. The molecule has 2 aromatic rings. The fourth-order valence-corrected chi connectivity index (χ4v) is 2.45. The fraction of sp³-hybridized carbons (Fsp3) is 0.143. The van der Waals surface area contributed by atoms with E-state index in [-0.39, 0.29) is 16.7 Å². The Morgan fingerprint density at radius 1 is 1.21 bits per heavy atom. The molecule has 0 heterocycles. The van der Waals surface area contributed by atoms with E-state index in [9.17, 15) is 10.1 Å². The number of hydrogen-bond donors (Lipinski definition) is 1. The molecule has 1 N–H and O–H groups in total. The van der Waals surface area contributed by atoms with Crippen LogP contribution >= 0.6 is 22.6 Å². The Hall–Kier alpha value is -1.63. The molecule has 0 aromatic heterocycles. The number of anilines is 1. The first kappa shape index (κ1) is 13.8. The molecule has 98 valence electrons. The van der Waals surface area contributed by atoms with Gasteiger partial charge in [0.2, 0.25) is 0 Å². The molecule has 0 spiro atoms. The highest BCUT2D eigenvalue weighted by molar-refractivity contribution is 14.1. The van der Waals surface area contributed by atoms with E-state index < -0.39 is 0 Å². The van der Waals surface area contributed by atoms with Gasteiger partial charge in [0.05, 0.1) is 4.92 Å². The van der Waals surface area contributed by atoms with Crippen LogP contribution in [-0.4, -0.2) is 4.92 Å². The molecule has 4 nitrogen and oxygen atoms in total. The Bertz CT molecular complexity index is 587. The highest BCUT2D eigenvalue weighted by Gasteiger charge is 2.11. The molecule has 5 heteroatoms. The topological polar surface area (TPSA) is 55.2 Å². The molecule has 0 saturated heterocycles. The third-order valence-electron chi connectivity index (χ3n) is 2.84. The van der Waals surface area contributed by atoms with Crippen LogP contribution in [0.2, 0.25) is 0 Å². The van der Waals surface area contributed by atoms with Gasteiger partial charge in [-0.2, -0.15) is 0 Å². The third kappa shape index (κ3) is 3.44. The van der Waals surface area contributed by atoms with E-state index in [4.69, 9.17) is 0 Å². The second kappa shape index (κ2) is 6.01. The van der Waals surface area contributed by atoms with Crippen LogP contribution < -0.4 is 5.32 Å². The molecule has 0 saturated carbocycles. The van der Waals surface area contributed by atoms with Gasteiger partial charge in [-0.05, 0) is 41.1 Å². The predicted octanol–water partition coefficient (Wildman–Crippen LogP) is 4.37. The number of nitro groups is 1. The van der Waals surface area contributed by atoms with Crippen molar-refractivity contribution in [3.8, 4) is 0 Å². The van der Waals surface area contributed by atoms with Crippen LogP contribution in [-0.2, 0) is 0 Å². The largest absolute Gasteiger partial charge is 0.378 e. The van der Waals surface area contributed by atoms with E-state index >= 15 is 0 Å². The molecule has 1 unspecified atom stereocenters. The van der Waals surface area contributed by atoms with Crippen LogP contribution in [0.15, 0.2) is 48.5 Å². The standard InChI is InChI=1S/C14H13IN2O2/c1-10(11-5-3-2-4-6-11)16-14-8-7-12(17(18)19)9-13(14)15/h2-10,16H,1H3. The molecule has 0 aliphatic carbocycles. The lowest BCUT2D eigenvalue weighted by Gasteiger charge is -2.16. The summed E-state index contributed by atoms with van der Waals surface area (Å²) in [6, 6.07) is 15.1. The minimum Gasteiger partial charge on any atom is -0.378 e. The van der Waals surface area contributed by atoms with Gasteiger partial charge in [-0.15, -0.1) is 0 Å². The van der Waals surface area contributed by atoms with Gasteiger partial charge in [0, 0.05) is 27.4 Å². The van der Waals surface area contributed by atoms with Gasteiger partial charge in [0.1, 0.15) is 0 Å². The molecule has 2 rings (SSSR count). The summed E-state index contributed by atoms with van der Waals surface area (Å²) in [5, 5.41) is 14.1. The van der Waals surface area contributed by atoms with Crippen molar-refractivity contribution in [3.63, 3.8) is 0 Å². The number of hydrogen-bond acceptors (Lipinski definition) is 3. The number of nitrogens with zero attached hydrogens (tertiary/aromatic N) is 1. The zero-order chi connectivity index (χ0) is 13.8. The van der Waals surface area contributed by atoms with E-state index in [0.717, 1.165) is 9.26 Å². The summed E-state index contributed by atoms with van der Waals surface area (Å²) in [6.07, 6.45) is 0. The number of halogens is 1. The van der Waals surface area contributed by atoms with E-state index in [1.807, 2.05) is 18.2 Å². The summed E-state index contributed by atoms with van der Waals surface area (Å²) >= 11 is 2.11. The molecule has 0 aliphatic rings. The summed E-state index contributed by atoms with van der Waals surface area (Å²) in [4.78, 5) is 10.3. The van der Waals surface area contributed by atoms with Crippen molar-refractivity contribution in [1.82, 2.24) is 0 Å². The van der Waals surface area contributed by atoms with Crippen molar-refractivity contribution in [2.45, 2.75) is 13.0 Å². The summed E-state index contributed by atoms with van der Waals surface area (Å²) in [6.45, 7) is 2.06. The number of nitro benzene ring substituents is 1. The maximum absolute atomic E-state index is 10.7. The second-order valence-electron chi connectivity index (χ2n) is 4.20. The Morgan fingerprint density at radius 3 is 2.47 bits per heavy atom. The lowest BCUT2D eigenvalue weighted by atomic mass is 10.1. The average molecular weight is 368 g/mol. The highest BCUT2D eigenvalue weighted by atomic mass is 127. The van der Waals surface area contributed by atoms with Crippen LogP contribution in [0.4, 0.5) is 11.4 Å². The molecule has 0 amide bonds.